The summed E-state index contributed by atoms with van der Waals surface area (Å²) in [6.45, 7) is 2.52. The molecule has 0 saturated heterocycles. The van der Waals surface area contributed by atoms with Gasteiger partial charge in [0.05, 0.1) is 0 Å². The van der Waals surface area contributed by atoms with Crippen LogP contribution in [0.1, 0.15) is 43.0 Å². The predicted octanol–water partition coefficient (Wildman–Crippen LogP) is 2.36. The fourth-order valence-electron chi connectivity index (χ4n) is 3.80. The van der Waals surface area contributed by atoms with Gasteiger partial charge in [0.15, 0.2) is 5.78 Å². The minimum absolute atomic E-state index is 0.107. The van der Waals surface area contributed by atoms with Crippen molar-refractivity contribution in [3.63, 3.8) is 0 Å². The van der Waals surface area contributed by atoms with Gasteiger partial charge in [-0.3, -0.25) is 4.79 Å². The number of rotatable bonds is 5. The summed E-state index contributed by atoms with van der Waals surface area (Å²) in [5.41, 5.74) is -5.24. The third-order valence-corrected chi connectivity index (χ3v) is 5.52. The first-order valence-electron chi connectivity index (χ1n) is 9.92. The molecule has 0 aliphatic heterocycles. The number of aryl methyl sites for hydroxylation is 2. The van der Waals surface area contributed by atoms with Crippen LogP contribution in [0.25, 0.3) is 5.57 Å². The number of carbonyl (C=O) groups excluding carboxylic acids is 1. The molecule has 12 nitrogen and oxygen atoms in total. The maximum absolute atomic E-state index is 12.1. The standard InChI is InChI=1S/C24H18O12/c1-7-5-10(20(29)15(17(7)26)23(33)34)13(9-3-4-12(25)14(19(9)28)22(31)32)11-6-8(2)18(27)16(21(11)30)24(35)36/h3-6,26-30H,1-2H3,(H,31,32)(H,33,34)(H,35,36). The van der Waals surface area contributed by atoms with Crippen LogP contribution in [0.5, 0.6) is 23.0 Å². The van der Waals surface area contributed by atoms with E-state index in [1.165, 1.54) is 13.8 Å². The first-order valence-corrected chi connectivity index (χ1v) is 9.92. The molecular formula is C24H18O12. The minimum Gasteiger partial charge on any atom is -0.507 e. The van der Waals surface area contributed by atoms with E-state index in [0.717, 1.165) is 24.3 Å². The smallest absolute Gasteiger partial charge is 0.343 e. The molecule has 0 spiro atoms. The number of aromatic hydroxyl groups is 4. The number of hydrogen-bond acceptors (Lipinski definition) is 9. The van der Waals surface area contributed by atoms with Crippen molar-refractivity contribution in [2.45, 2.75) is 13.8 Å². The Labute approximate surface area is 201 Å². The van der Waals surface area contributed by atoms with Crippen molar-refractivity contribution in [3.8, 4) is 23.0 Å². The molecule has 3 rings (SSSR count). The average Bonchev–Trinajstić information content (AvgIpc) is 2.76. The van der Waals surface area contributed by atoms with Crippen LogP contribution < -0.4 is 0 Å². The second-order valence-corrected chi connectivity index (χ2v) is 7.75. The Balaban J connectivity index is 2.66. The molecule has 0 unspecified atom stereocenters. The number of carbonyl (C=O) groups is 4. The van der Waals surface area contributed by atoms with E-state index in [4.69, 9.17) is 0 Å². The average molecular weight is 498 g/mol. The Morgan fingerprint density at radius 3 is 1.42 bits per heavy atom. The summed E-state index contributed by atoms with van der Waals surface area (Å²) in [6.07, 6.45) is 1.67. The van der Waals surface area contributed by atoms with E-state index >= 15 is 0 Å². The van der Waals surface area contributed by atoms with E-state index in [9.17, 15) is 60.0 Å². The molecule has 2 aromatic carbocycles. The Kier molecular flexibility index (Phi) is 6.22. The van der Waals surface area contributed by atoms with Crippen LogP contribution in [0.15, 0.2) is 41.2 Å². The lowest BCUT2D eigenvalue weighted by Gasteiger charge is -2.22. The maximum Gasteiger partial charge on any atom is 0.343 e. The van der Waals surface area contributed by atoms with Gasteiger partial charge in [-0.2, -0.15) is 0 Å². The minimum atomic E-state index is -1.83. The molecule has 0 aromatic heterocycles. The highest BCUT2D eigenvalue weighted by Crippen LogP contribution is 2.47. The summed E-state index contributed by atoms with van der Waals surface area (Å²) in [7, 11) is 0. The Bertz CT molecular complexity index is 1410. The van der Waals surface area contributed by atoms with Crippen molar-refractivity contribution in [2.24, 2.45) is 0 Å². The van der Waals surface area contributed by atoms with Gasteiger partial charge in [-0.25, -0.2) is 14.4 Å². The highest BCUT2D eigenvalue weighted by Gasteiger charge is 2.33. The molecule has 1 aliphatic rings. The molecule has 36 heavy (non-hydrogen) atoms. The van der Waals surface area contributed by atoms with Gasteiger partial charge in [-0.1, -0.05) is 0 Å². The maximum atomic E-state index is 12.1. The number of aliphatic hydroxyl groups is 1. The number of ketones is 1. The monoisotopic (exact) mass is 498 g/mol. The van der Waals surface area contributed by atoms with Crippen molar-refractivity contribution >= 4 is 29.3 Å². The largest absolute Gasteiger partial charge is 0.507 e. The topological polar surface area (TPSA) is 230 Å². The molecule has 12 heteroatoms. The van der Waals surface area contributed by atoms with Crippen molar-refractivity contribution in [3.05, 3.63) is 74.6 Å². The second kappa shape index (κ2) is 8.83. The van der Waals surface area contributed by atoms with Gasteiger partial charge in [0, 0.05) is 22.3 Å². The lowest BCUT2D eigenvalue weighted by Crippen LogP contribution is -2.18. The third kappa shape index (κ3) is 3.86. The van der Waals surface area contributed by atoms with Crippen molar-refractivity contribution in [2.75, 3.05) is 0 Å². The van der Waals surface area contributed by atoms with E-state index in [1.54, 1.807) is 0 Å². The van der Waals surface area contributed by atoms with Gasteiger partial charge in [0.25, 0.3) is 0 Å². The third-order valence-electron chi connectivity index (χ3n) is 5.52. The lowest BCUT2D eigenvalue weighted by atomic mass is 9.84. The number of phenols is 4. The molecule has 186 valence electrons. The molecule has 2 aromatic rings. The summed E-state index contributed by atoms with van der Waals surface area (Å²) >= 11 is 0. The van der Waals surface area contributed by atoms with E-state index in [1.807, 2.05) is 0 Å². The summed E-state index contributed by atoms with van der Waals surface area (Å²) in [6, 6.07) is 2.08. The highest BCUT2D eigenvalue weighted by atomic mass is 16.4. The summed E-state index contributed by atoms with van der Waals surface area (Å²) in [4.78, 5) is 47.2. The van der Waals surface area contributed by atoms with Crippen molar-refractivity contribution in [1.29, 1.82) is 0 Å². The Hall–Kier alpha value is -5.26. The molecule has 1 aliphatic carbocycles. The normalized spacial score (nSPS) is 13.2. The van der Waals surface area contributed by atoms with Gasteiger partial charge >= 0.3 is 17.9 Å². The number of hydrogen-bond donors (Lipinski definition) is 8. The summed E-state index contributed by atoms with van der Waals surface area (Å²) in [5.74, 6) is -11.4. The predicted molar refractivity (Wildman–Crippen MR) is 120 cm³/mol. The number of aromatic carboxylic acids is 2. The highest BCUT2D eigenvalue weighted by molar-refractivity contribution is 6.23. The van der Waals surface area contributed by atoms with Crippen LogP contribution in [-0.4, -0.2) is 64.5 Å². The first kappa shape index (κ1) is 25.4. The first-order chi connectivity index (χ1) is 16.7. The summed E-state index contributed by atoms with van der Waals surface area (Å²) in [5, 5.41) is 81.1. The molecule has 0 saturated carbocycles. The fraction of sp³-hybridized carbons (Fsp3) is 0.0833. The molecular weight excluding hydrogens is 480 g/mol. The molecule has 0 bridgehead atoms. The van der Waals surface area contributed by atoms with E-state index < -0.39 is 91.4 Å². The zero-order valence-electron chi connectivity index (χ0n) is 18.5. The van der Waals surface area contributed by atoms with Crippen LogP contribution in [0.4, 0.5) is 0 Å². The van der Waals surface area contributed by atoms with E-state index in [0.29, 0.717) is 0 Å². The zero-order valence-corrected chi connectivity index (χ0v) is 18.5. The van der Waals surface area contributed by atoms with E-state index in [-0.39, 0.29) is 11.1 Å². The number of aliphatic hydroxyl groups excluding tert-OH is 1. The second-order valence-electron chi connectivity index (χ2n) is 7.75. The van der Waals surface area contributed by atoms with Crippen LogP contribution in [0.3, 0.4) is 0 Å². The number of allylic oxidation sites excluding steroid dienone is 2. The van der Waals surface area contributed by atoms with Gasteiger partial charge in [-0.05, 0) is 49.3 Å². The van der Waals surface area contributed by atoms with E-state index in [2.05, 4.69) is 0 Å². The quantitative estimate of drug-likeness (QED) is 0.278. The van der Waals surface area contributed by atoms with Crippen LogP contribution in [-0.2, 0) is 9.59 Å². The Morgan fingerprint density at radius 2 is 1.06 bits per heavy atom. The summed E-state index contributed by atoms with van der Waals surface area (Å²) < 4.78 is 0. The van der Waals surface area contributed by atoms with Crippen LogP contribution >= 0.6 is 0 Å². The number of carboxylic acids is 3. The molecule has 0 atom stereocenters. The molecule has 0 radical (unpaired) electrons. The van der Waals surface area contributed by atoms with Gasteiger partial charge in [0.2, 0.25) is 0 Å². The van der Waals surface area contributed by atoms with Crippen LogP contribution in [0, 0.1) is 13.8 Å². The lowest BCUT2D eigenvalue weighted by molar-refractivity contribution is -0.134. The number of benzene rings is 2. The van der Waals surface area contributed by atoms with Crippen LogP contribution in [0.2, 0.25) is 0 Å². The van der Waals surface area contributed by atoms with Crippen molar-refractivity contribution < 1.29 is 60.0 Å². The molecule has 0 fully saturated rings. The zero-order chi connectivity index (χ0) is 27.2. The Morgan fingerprint density at radius 1 is 0.639 bits per heavy atom. The number of carboxylic acid groups (broad SMARTS) is 3. The van der Waals surface area contributed by atoms with Gasteiger partial charge < -0.3 is 40.9 Å². The van der Waals surface area contributed by atoms with Crippen molar-refractivity contribution in [1.82, 2.24) is 0 Å². The fourth-order valence-corrected chi connectivity index (χ4v) is 3.80. The molecule has 0 amide bonds. The number of aliphatic carboxylic acids is 1. The molecule has 0 heterocycles. The molecule has 8 N–H and O–H groups in total. The van der Waals surface area contributed by atoms with Gasteiger partial charge in [-0.15, -0.1) is 0 Å². The SMILES string of the molecule is Cc1cc(C(=C2C=CC(=O)C(C(=O)O)=C2O)c2cc(C)c(O)c(C(=O)O)c2O)c(O)c(C(=O)O)c1O. The van der Waals surface area contributed by atoms with Gasteiger partial charge in [0.1, 0.15) is 45.5 Å².